The minimum Gasteiger partial charge on any atom is -0.381 e. The minimum absolute atomic E-state index is 0.0791. The van der Waals surface area contributed by atoms with E-state index in [1.54, 1.807) is 10.6 Å². The van der Waals surface area contributed by atoms with E-state index in [2.05, 4.69) is 26.1 Å². The maximum Gasteiger partial charge on any atom is 0.250 e. The van der Waals surface area contributed by atoms with E-state index in [1.807, 2.05) is 19.2 Å². The third-order valence-electron chi connectivity index (χ3n) is 4.70. The number of aromatic nitrogens is 1. The van der Waals surface area contributed by atoms with E-state index in [-0.39, 0.29) is 5.56 Å². The Morgan fingerprint density at radius 2 is 2.10 bits per heavy atom. The minimum atomic E-state index is 0.0791. The van der Waals surface area contributed by atoms with E-state index in [4.69, 9.17) is 0 Å². The highest BCUT2D eigenvalue weighted by Gasteiger charge is 2.30. The van der Waals surface area contributed by atoms with Crippen molar-refractivity contribution in [2.75, 3.05) is 5.32 Å². The molecule has 0 aromatic carbocycles. The fraction of sp³-hybridized carbons (Fsp3) is 0.706. The van der Waals surface area contributed by atoms with Gasteiger partial charge >= 0.3 is 0 Å². The van der Waals surface area contributed by atoms with Crippen molar-refractivity contribution < 1.29 is 0 Å². The molecule has 0 aliphatic heterocycles. The highest BCUT2D eigenvalue weighted by molar-refractivity contribution is 5.41. The van der Waals surface area contributed by atoms with Crippen LogP contribution < -0.4 is 10.9 Å². The smallest absolute Gasteiger partial charge is 0.250 e. The average Bonchev–Trinajstić information content (AvgIpc) is 2.40. The van der Waals surface area contributed by atoms with Gasteiger partial charge in [0.2, 0.25) is 0 Å². The molecule has 1 aromatic rings. The van der Waals surface area contributed by atoms with Crippen LogP contribution in [0.2, 0.25) is 0 Å². The third-order valence-corrected chi connectivity index (χ3v) is 4.70. The molecule has 0 saturated heterocycles. The number of hydrogen-bond donors (Lipinski definition) is 1. The summed E-state index contributed by atoms with van der Waals surface area (Å²) < 4.78 is 1.76. The lowest BCUT2D eigenvalue weighted by Crippen LogP contribution is -2.38. The Hall–Kier alpha value is -1.25. The first-order valence-corrected chi connectivity index (χ1v) is 7.98. The fourth-order valence-electron chi connectivity index (χ4n) is 3.45. The Bertz CT molecular complexity index is 492. The summed E-state index contributed by atoms with van der Waals surface area (Å²) in [6.07, 6.45) is 5.84. The van der Waals surface area contributed by atoms with Gasteiger partial charge in [0.15, 0.2) is 0 Å². The van der Waals surface area contributed by atoms with Crippen LogP contribution in [0.4, 0.5) is 5.69 Å². The van der Waals surface area contributed by atoms with Crippen molar-refractivity contribution >= 4 is 5.69 Å². The molecule has 3 nitrogen and oxygen atoms in total. The molecule has 0 amide bonds. The highest BCUT2D eigenvalue weighted by atomic mass is 16.1. The van der Waals surface area contributed by atoms with Gasteiger partial charge < -0.3 is 9.88 Å². The largest absolute Gasteiger partial charge is 0.381 e. The molecule has 20 heavy (non-hydrogen) atoms. The molecule has 2 rings (SSSR count). The second-order valence-corrected chi connectivity index (χ2v) is 6.62. The number of rotatable bonds is 4. The molecule has 0 radical (unpaired) electrons. The molecule has 1 aromatic heterocycles. The molecular weight excluding hydrogens is 248 g/mol. The lowest BCUT2D eigenvalue weighted by Gasteiger charge is -2.38. The van der Waals surface area contributed by atoms with Gasteiger partial charge in [-0.25, -0.2) is 0 Å². The Morgan fingerprint density at radius 3 is 2.75 bits per heavy atom. The van der Waals surface area contributed by atoms with Gasteiger partial charge in [0, 0.05) is 24.8 Å². The number of anilines is 1. The summed E-state index contributed by atoms with van der Waals surface area (Å²) in [5.74, 6) is 2.23. The number of aryl methyl sites for hydroxylation is 1. The number of pyridine rings is 1. The zero-order valence-corrected chi connectivity index (χ0v) is 13.2. The summed E-state index contributed by atoms with van der Waals surface area (Å²) in [7, 11) is 0. The summed E-state index contributed by atoms with van der Waals surface area (Å²) in [5, 5.41) is 3.68. The van der Waals surface area contributed by atoms with Crippen molar-refractivity contribution in [2.24, 2.45) is 17.8 Å². The van der Waals surface area contributed by atoms with Crippen LogP contribution >= 0.6 is 0 Å². The Kier molecular flexibility index (Phi) is 4.90. The van der Waals surface area contributed by atoms with Crippen LogP contribution in [0.5, 0.6) is 0 Å². The highest BCUT2D eigenvalue weighted by Crippen LogP contribution is 2.35. The van der Waals surface area contributed by atoms with Crippen molar-refractivity contribution in [1.29, 1.82) is 0 Å². The molecule has 0 bridgehead atoms. The lowest BCUT2D eigenvalue weighted by molar-refractivity contribution is 0.212. The van der Waals surface area contributed by atoms with Crippen molar-refractivity contribution in [3.8, 4) is 0 Å². The molecule has 1 N–H and O–H groups in total. The molecule has 1 aliphatic carbocycles. The maximum atomic E-state index is 11.7. The standard InChI is InChI=1S/C17H28N2O/c1-5-19-11-14(7-9-17(19)20)18-16-10-13(4)6-8-15(16)12(2)3/h7,9,11-13,15-16,18H,5-6,8,10H2,1-4H3. The molecule has 1 aliphatic rings. The van der Waals surface area contributed by atoms with Gasteiger partial charge in [-0.05, 0) is 43.6 Å². The van der Waals surface area contributed by atoms with Gasteiger partial charge in [-0.1, -0.05) is 27.2 Å². The molecule has 1 saturated carbocycles. The molecule has 3 atom stereocenters. The number of nitrogens with zero attached hydrogens (tertiary/aromatic N) is 1. The molecule has 112 valence electrons. The van der Waals surface area contributed by atoms with Gasteiger partial charge in [0.05, 0.1) is 5.69 Å². The summed E-state index contributed by atoms with van der Waals surface area (Å²) in [6.45, 7) is 9.72. The van der Waals surface area contributed by atoms with E-state index in [0.717, 1.165) is 24.1 Å². The second kappa shape index (κ2) is 6.47. The quantitative estimate of drug-likeness (QED) is 0.909. The molecule has 1 heterocycles. The van der Waals surface area contributed by atoms with Gasteiger partial charge in [-0.3, -0.25) is 4.79 Å². The van der Waals surface area contributed by atoms with Crippen LogP contribution in [0.15, 0.2) is 23.1 Å². The first-order chi connectivity index (χ1) is 9.51. The van der Waals surface area contributed by atoms with Crippen molar-refractivity contribution in [3.05, 3.63) is 28.7 Å². The number of nitrogens with one attached hydrogen (secondary N) is 1. The molecular formula is C17H28N2O. The first-order valence-electron chi connectivity index (χ1n) is 7.98. The lowest BCUT2D eigenvalue weighted by atomic mass is 9.74. The first kappa shape index (κ1) is 15.1. The van der Waals surface area contributed by atoms with Gasteiger partial charge in [-0.15, -0.1) is 0 Å². The predicted octanol–water partition coefficient (Wildman–Crippen LogP) is 3.74. The summed E-state index contributed by atoms with van der Waals surface area (Å²) in [5.41, 5.74) is 1.16. The zero-order chi connectivity index (χ0) is 14.7. The predicted molar refractivity (Wildman–Crippen MR) is 85.1 cm³/mol. The normalized spacial score (nSPS) is 26.8. The van der Waals surface area contributed by atoms with E-state index >= 15 is 0 Å². The topological polar surface area (TPSA) is 34.0 Å². The van der Waals surface area contributed by atoms with E-state index in [1.165, 1.54) is 19.3 Å². The Morgan fingerprint density at radius 1 is 1.35 bits per heavy atom. The molecule has 0 spiro atoms. The van der Waals surface area contributed by atoms with E-state index < -0.39 is 0 Å². The van der Waals surface area contributed by atoms with Crippen LogP contribution in [0.3, 0.4) is 0 Å². The van der Waals surface area contributed by atoms with Crippen molar-refractivity contribution in [3.63, 3.8) is 0 Å². The zero-order valence-electron chi connectivity index (χ0n) is 13.2. The third kappa shape index (κ3) is 3.44. The monoisotopic (exact) mass is 276 g/mol. The number of hydrogen-bond acceptors (Lipinski definition) is 2. The van der Waals surface area contributed by atoms with Crippen LogP contribution in [0.25, 0.3) is 0 Å². The average molecular weight is 276 g/mol. The van der Waals surface area contributed by atoms with Gasteiger partial charge in [-0.2, -0.15) is 0 Å². The summed E-state index contributed by atoms with van der Waals surface area (Å²) >= 11 is 0. The van der Waals surface area contributed by atoms with E-state index in [0.29, 0.717) is 12.0 Å². The van der Waals surface area contributed by atoms with Crippen molar-refractivity contribution in [1.82, 2.24) is 4.57 Å². The Labute approximate surface area is 122 Å². The molecule has 1 fully saturated rings. The van der Waals surface area contributed by atoms with Gasteiger partial charge in [0.25, 0.3) is 5.56 Å². The van der Waals surface area contributed by atoms with Crippen LogP contribution in [-0.4, -0.2) is 10.6 Å². The fourth-order valence-corrected chi connectivity index (χ4v) is 3.45. The van der Waals surface area contributed by atoms with Crippen LogP contribution in [-0.2, 0) is 6.54 Å². The summed E-state index contributed by atoms with van der Waals surface area (Å²) in [6, 6.07) is 4.12. The van der Waals surface area contributed by atoms with Gasteiger partial charge in [0.1, 0.15) is 0 Å². The van der Waals surface area contributed by atoms with E-state index in [9.17, 15) is 4.79 Å². The van der Waals surface area contributed by atoms with Crippen LogP contribution in [0, 0.1) is 17.8 Å². The Balaban J connectivity index is 2.15. The summed E-state index contributed by atoms with van der Waals surface area (Å²) in [4.78, 5) is 11.7. The van der Waals surface area contributed by atoms with Crippen LogP contribution in [0.1, 0.15) is 47.0 Å². The second-order valence-electron chi connectivity index (χ2n) is 6.62. The molecule has 3 unspecified atom stereocenters. The van der Waals surface area contributed by atoms with Crippen molar-refractivity contribution in [2.45, 2.75) is 59.5 Å². The SMILES string of the molecule is CCn1cc(NC2CC(C)CCC2C(C)C)ccc1=O. The maximum absolute atomic E-state index is 11.7. The molecule has 3 heteroatoms.